The van der Waals surface area contributed by atoms with Crippen LogP contribution in [0.15, 0.2) is 241 Å². The molecular weight excluding hydrogens is 739 g/mol. The Kier molecular flexibility index (Phi) is 8.11. The van der Waals surface area contributed by atoms with Crippen LogP contribution in [0.25, 0.3) is 66.1 Å². The molecule has 1 aliphatic rings. The van der Waals surface area contributed by atoms with Crippen molar-refractivity contribution in [2.45, 2.75) is 5.41 Å². The van der Waals surface area contributed by atoms with Gasteiger partial charge in [-0.3, -0.25) is 0 Å². The number of anilines is 3. The molecule has 1 aromatic heterocycles. The first-order chi connectivity index (χ1) is 30.3. The fraction of sp³-hybridized carbons (Fsp3) is 0.0169. The fourth-order valence-electron chi connectivity index (χ4n) is 10.1. The first kappa shape index (κ1) is 35.0. The standard InChI is InChI=1S/C59H39NO/c1-3-15-40(16-4-1)42-29-33-47(34-30-42)60(54-37-38-56-58(51-23-11-14-26-55(51)61-56)57(54)44-28-27-41-17-7-8-18-43(41)39-44)48-35-31-46(32-36-48)59(45-19-5-2-6-20-45)52-24-12-9-21-49(52)50-22-10-13-25-53(50)59/h1-39H. The van der Waals surface area contributed by atoms with Gasteiger partial charge in [0.1, 0.15) is 11.2 Å². The Morgan fingerprint density at radius 3 is 1.62 bits per heavy atom. The Morgan fingerprint density at radius 1 is 0.361 bits per heavy atom. The van der Waals surface area contributed by atoms with Gasteiger partial charge in [0, 0.05) is 27.7 Å². The first-order valence-corrected chi connectivity index (χ1v) is 21.0. The third-order valence-corrected chi connectivity index (χ3v) is 12.8. The van der Waals surface area contributed by atoms with E-state index in [4.69, 9.17) is 4.42 Å². The maximum absolute atomic E-state index is 6.58. The van der Waals surface area contributed by atoms with Crippen LogP contribution in [-0.2, 0) is 5.41 Å². The Hall–Kier alpha value is -7.94. The van der Waals surface area contributed by atoms with E-state index in [-0.39, 0.29) is 0 Å². The number of furan rings is 1. The highest BCUT2D eigenvalue weighted by atomic mass is 16.3. The molecular formula is C59H39NO. The van der Waals surface area contributed by atoms with Crippen molar-refractivity contribution in [2.24, 2.45) is 0 Å². The topological polar surface area (TPSA) is 16.4 Å². The summed E-state index contributed by atoms with van der Waals surface area (Å²) in [7, 11) is 0. The summed E-state index contributed by atoms with van der Waals surface area (Å²) in [6, 6.07) is 86.1. The van der Waals surface area contributed by atoms with Crippen LogP contribution in [0.1, 0.15) is 22.3 Å². The Morgan fingerprint density at radius 2 is 0.902 bits per heavy atom. The lowest BCUT2D eigenvalue weighted by Crippen LogP contribution is -2.28. The molecule has 61 heavy (non-hydrogen) atoms. The lowest BCUT2D eigenvalue weighted by Gasteiger charge is -2.34. The molecule has 0 fully saturated rings. The number of para-hydroxylation sites is 1. The molecule has 2 nitrogen and oxygen atoms in total. The summed E-state index contributed by atoms with van der Waals surface area (Å²) in [6.45, 7) is 0. The minimum Gasteiger partial charge on any atom is -0.456 e. The van der Waals surface area contributed by atoms with E-state index in [0.29, 0.717) is 0 Å². The van der Waals surface area contributed by atoms with Gasteiger partial charge < -0.3 is 9.32 Å². The summed E-state index contributed by atoms with van der Waals surface area (Å²) >= 11 is 0. The second-order valence-electron chi connectivity index (χ2n) is 16.0. The molecule has 0 N–H and O–H groups in total. The number of hydrogen-bond donors (Lipinski definition) is 0. The molecule has 0 radical (unpaired) electrons. The zero-order valence-corrected chi connectivity index (χ0v) is 33.4. The van der Waals surface area contributed by atoms with Crippen LogP contribution in [0.5, 0.6) is 0 Å². The zero-order valence-electron chi connectivity index (χ0n) is 33.4. The molecule has 12 rings (SSSR count). The molecule has 2 heteroatoms. The minimum absolute atomic E-state index is 0.486. The fourth-order valence-corrected chi connectivity index (χ4v) is 10.1. The smallest absolute Gasteiger partial charge is 0.136 e. The Bertz CT molecular complexity index is 3350. The van der Waals surface area contributed by atoms with Gasteiger partial charge in [-0.25, -0.2) is 0 Å². The molecule has 286 valence electrons. The molecule has 0 saturated carbocycles. The van der Waals surface area contributed by atoms with Crippen molar-refractivity contribution in [1.29, 1.82) is 0 Å². The van der Waals surface area contributed by atoms with Gasteiger partial charge in [-0.2, -0.15) is 0 Å². The molecule has 0 amide bonds. The minimum atomic E-state index is -0.486. The van der Waals surface area contributed by atoms with Gasteiger partial charge in [-0.1, -0.05) is 188 Å². The molecule has 0 unspecified atom stereocenters. The SMILES string of the molecule is c1ccc(-c2ccc(N(c3ccc(C4(c5ccccc5)c5ccccc5-c5ccccc54)cc3)c3ccc4oc5ccccc5c4c3-c3ccc4ccccc4c3)cc2)cc1. The summed E-state index contributed by atoms with van der Waals surface area (Å²) in [5.41, 5.74) is 16.7. The summed E-state index contributed by atoms with van der Waals surface area (Å²) in [5.74, 6) is 0. The summed E-state index contributed by atoms with van der Waals surface area (Å²) in [6.07, 6.45) is 0. The number of benzene rings is 10. The average Bonchev–Trinajstić information content (AvgIpc) is 3.87. The molecule has 0 saturated heterocycles. The van der Waals surface area contributed by atoms with Crippen LogP contribution in [-0.4, -0.2) is 0 Å². The van der Waals surface area contributed by atoms with Gasteiger partial charge in [0.15, 0.2) is 0 Å². The van der Waals surface area contributed by atoms with E-state index in [2.05, 4.69) is 235 Å². The molecule has 1 aliphatic carbocycles. The highest BCUT2D eigenvalue weighted by molar-refractivity contribution is 6.17. The van der Waals surface area contributed by atoms with E-state index >= 15 is 0 Å². The predicted molar refractivity (Wildman–Crippen MR) is 254 cm³/mol. The first-order valence-electron chi connectivity index (χ1n) is 21.0. The maximum atomic E-state index is 6.58. The molecule has 0 spiro atoms. The second-order valence-corrected chi connectivity index (χ2v) is 16.0. The number of nitrogens with zero attached hydrogens (tertiary/aromatic N) is 1. The van der Waals surface area contributed by atoms with Gasteiger partial charge in [-0.05, 0) is 109 Å². The molecule has 11 aromatic rings. The van der Waals surface area contributed by atoms with Gasteiger partial charge in [0.2, 0.25) is 0 Å². The maximum Gasteiger partial charge on any atom is 0.136 e. The van der Waals surface area contributed by atoms with E-state index in [1.807, 2.05) is 6.07 Å². The second kappa shape index (κ2) is 14.1. The van der Waals surface area contributed by atoms with E-state index in [1.54, 1.807) is 0 Å². The molecule has 0 bridgehead atoms. The van der Waals surface area contributed by atoms with Crippen LogP contribution >= 0.6 is 0 Å². The van der Waals surface area contributed by atoms with Crippen molar-refractivity contribution in [2.75, 3.05) is 4.90 Å². The highest BCUT2D eigenvalue weighted by Gasteiger charge is 2.45. The number of hydrogen-bond acceptors (Lipinski definition) is 2. The van der Waals surface area contributed by atoms with Crippen LogP contribution in [0.2, 0.25) is 0 Å². The molecule has 1 heterocycles. The van der Waals surface area contributed by atoms with Crippen LogP contribution < -0.4 is 4.90 Å². The lowest BCUT2D eigenvalue weighted by molar-refractivity contribution is 0.669. The Balaban J connectivity index is 1.11. The summed E-state index contributed by atoms with van der Waals surface area (Å²) < 4.78 is 6.58. The average molecular weight is 778 g/mol. The van der Waals surface area contributed by atoms with Gasteiger partial charge >= 0.3 is 0 Å². The van der Waals surface area contributed by atoms with Crippen LogP contribution in [0.3, 0.4) is 0 Å². The van der Waals surface area contributed by atoms with E-state index in [0.717, 1.165) is 50.1 Å². The van der Waals surface area contributed by atoms with Crippen LogP contribution in [0, 0.1) is 0 Å². The predicted octanol–water partition coefficient (Wildman–Crippen LogP) is 15.9. The third-order valence-electron chi connectivity index (χ3n) is 12.8. The lowest BCUT2D eigenvalue weighted by atomic mass is 9.68. The summed E-state index contributed by atoms with van der Waals surface area (Å²) in [5, 5.41) is 4.61. The third kappa shape index (κ3) is 5.50. The van der Waals surface area contributed by atoms with Gasteiger partial charge in [0.05, 0.1) is 11.1 Å². The molecule has 10 aromatic carbocycles. The highest BCUT2D eigenvalue weighted by Crippen LogP contribution is 2.56. The quantitative estimate of drug-likeness (QED) is 0.160. The zero-order chi connectivity index (χ0) is 40.3. The number of rotatable bonds is 7. The number of fused-ring (bicyclic) bond motifs is 7. The van der Waals surface area contributed by atoms with Crippen molar-refractivity contribution in [3.63, 3.8) is 0 Å². The van der Waals surface area contributed by atoms with Crippen molar-refractivity contribution < 1.29 is 4.42 Å². The molecule has 0 aliphatic heterocycles. The Labute approximate surface area is 355 Å². The normalized spacial score (nSPS) is 12.7. The molecule has 0 atom stereocenters. The monoisotopic (exact) mass is 777 g/mol. The van der Waals surface area contributed by atoms with Crippen molar-refractivity contribution >= 4 is 49.8 Å². The van der Waals surface area contributed by atoms with E-state index in [1.165, 1.54) is 55.3 Å². The largest absolute Gasteiger partial charge is 0.456 e. The van der Waals surface area contributed by atoms with Crippen molar-refractivity contribution in [1.82, 2.24) is 0 Å². The van der Waals surface area contributed by atoms with Gasteiger partial charge in [0.25, 0.3) is 0 Å². The summed E-state index contributed by atoms with van der Waals surface area (Å²) in [4.78, 5) is 2.43. The van der Waals surface area contributed by atoms with Crippen molar-refractivity contribution in [3.8, 4) is 33.4 Å². The van der Waals surface area contributed by atoms with Crippen molar-refractivity contribution in [3.05, 3.63) is 259 Å². The van der Waals surface area contributed by atoms with E-state index < -0.39 is 5.41 Å². The van der Waals surface area contributed by atoms with Crippen LogP contribution in [0.4, 0.5) is 17.1 Å². The van der Waals surface area contributed by atoms with Gasteiger partial charge in [-0.15, -0.1) is 0 Å². The van der Waals surface area contributed by atoms with E-state index in [9.17, 15) is 0 Å².